The third-order valence-electron chi connectivity index (χ3n) is 3.63. The zero-order valence-corrected chi connectivity index (χ0v) is 12.5. The highest BCUT2D eigenvalue weighted by molar-refractivity contribution is 5.92. The SMILES string of the molecule is CC1(C)CC(NC(=O)CCC(N)C(=O)O)C(=O)N1CC(=O)O. The van der Waals surface area contributed by atoms with Crippen molar-refractivity contribution in [1.82, 2.24) is 10.2 Å². The van der Waals surface area contributed by atoms with E-state index in [2.05, 4.69) is 5.32 Å². The first kappa shape index (κ1) is 17.9. The minimum Gasteiger partial charge on any atom is -0.480 e. The van der Waals surface area contributed by atoms with Crippen molar-refractivity contribution in [2.45, 2.75) is 50.7 Å². The molecule has 2 amide bonds. The van der Waals surface area contributed by atoms with Crippen molar-refractivity contribution < 1.29 is 29.4 Å². The molecule has 22 heavy (non-hydrogen) atoms. The number of carbonyl (C=O) groups excluding carboxylic acids is 2. The van der Waals surface area contributed by atoms with E-state index in [0.29, 0.717) is 0 Å². The Kier molecular flexibility index (Phi) is 5.48. The van der Waals surface area contributed by atoms with Crippen molar-refractivity contribution in [1.29, 1.82) is 0 Å². The van der Waals surface area contributed by atoms with Gasteiger partial charge >= 0.3 is 11.9 Å². The number of aliphatic carboxylic acids is 2. The molecule has 1 saturated heterocycles. The lowest BCUT2D eigenvalue weighted by molar-refractivity contribution is -0.145. The molecular weight excluding hydrogens is 294 g/mol. The molecule has 0 aromatic carbocycles. The van der Waals surface area contributed by atoms with Crippen LogP contribution in [0.5, 0.6) is 0 Å². The van der Waals surface area contributed by atoms with Gasteiger partial charge in [0.05, 0.1) is 0 Å². The second-order valence-electron chi connectivity index (χ2n) is 5.94. The average molecular weight is 315 g/mol. The molecule has 1 rings (SSSR count). The summed E-state index contributed by atoms with van der Waals surface area (Å²) >= 11 is 0. The predicted molar refractivity (Wildman–Crippen MR) is 74.8 cm³/mol. The number of hydrogen-bond donors (Lipinski definition) is 4. The monoisotopic (exact) mass is 315 g/mol. The molecule has 0 aliphatic carbocycles. The van der Waals surface area contributed by atoms with Gasteiger partial charge in [-0.1, -0.05) is 0 Å². The molecular formula is C13H21N3O6. The van der Waals surface area contributed by atoms with E-state index in [1.165, 1.54) is 4.90 Å². The highest BCUT2D eigenvalue weighted by Gasteiger charge is 2.46. The fraction of sp³-hybridized carbons (Fsp3) is 0.692. The Bertz CT molecular complexity index is 490. The largest absolute Gasteiger partial charge is 0.480 e. The summed E-state index contributed by atoms with van der Waals surface area (Å²) in [5.41, 5.74) is 4.62. The molecule has 0 aromatic rings. The van der Waals surface area contributed by atoms with E-state index in [9.17, 15) is 19.2 Å². The Balaban J connectivity index is 2.60. The maximum atomic E-state index is 12.2. The van der Waals surface area contributed by atoms with Crippen molar-refractivity contribution in [3.8, 4) is 0 Å². The number of likely N-dealkylation sites (tertiary alicyclic amines) is 1. The number of carbonyl (C=O) groups is 4. The van der Waals surface area contributed by atoms with Crippen molar-refractivity contribution >= 4 is 23.8 Å². The topological polar surface area (TPSA) is 150 Å². The van der Waals surface area contributed by atoms with Crippen LogP contribution in [0.3, 0.4) is 0 Å². The molecule has 0 radical (unpaired) electrons. The second-order valence-corrected chi connectivity index (χ2v) is 5.94. The summed E-state index contributed by atoms with van der Waals surface area (Å²) in [4.78, 5) is 46.5. The molecule has 1 aliphatic heterocycles. The number of rotatable bonds is 7. The lowest BCUT2D eigenvalue weighted by Gasteiger charge is -2.29. The summed E-state index contributed by atoms with van der Waals surface area (Å²) in [7, 11) is 0. The molecule has 5 N–H and O–H groups in total. The van der Waals surface area contributed by atoms with Crippen LogP contribution in [0.1, 0.15) is 33.1 Å². The molecule has 9 nitrogen and oxygen atoms in total. The highest BCUT2D eigenvalue weighted by Crippen LogP contribution is 2.29. The molecule has 9 heteroatoms. The van der Waals surface area contributed by atoms with Crippen LogP contribution in [0.4, 0.5) is 0 Å². The summed E-state index contributed by atoms with van der Waals surface area (Å²) in [5.74, 6) is -3.26. The summed E-state index contributed by atoms with van der Waals surface area (Å²) in [5, 5.41) is 20.0. The smallest absolute Gasteiger partial charge is 0.323 e. The van der Waals surface area contributed by atoms with Gasteiger partial charge in [0.2, 0.25) is 11.8 Å². The predicted octanol–water partition coefficient (Wildman–Crippen LogP) is -1.24. The quantitative estimate of drug-likeness (QED) is 0.459. The van der Waals surface area contributed by atoms with Gasteiger partial charge in [0.15, 0.2) is 0 Å². The summed E-state index contributed by atoms with van der Waals surface area (Å²) in [6.07, 6.45) is 0.136. The number of nitrogens with two attached hydrogens (primary N) is 1. The molecule has 0 bridgehead atoms. The highest BCUT2D eigenvalue weighted by atomic mass is 16.4. The Morgan fingerprint density at radius 2 is 2.00 bits per heavy atom. The van der Waals surface area contributed by atoms with Crippen LogP contribution >= 0.6 is 0 Å². The number of carboxylic acid groups (broad SMARTS) is 2. The first-order chi connectivity index (χ1) is 10.0. The fourth-order valence-corrected chi connectivity index (χ4v) is 2.40. The molecule has 0 aromatic heterocycles. The zero-order valence-electron chi connectivity index (χ0n) is 12.5. The Labute approximate surface area is 127 Å². The lowest BCUT2D eigenvalue weighted by atomic mass is 10.00. The molecule has 1 fully saturated rings. The number of hydrogen-bond acceptors (Lipinski definition) is 5. The zero-order chi connectivity index (χ0) is 17.1. The van der Waals surface area contributed by atoms with Gasteiger partial charge in [-0.3, -0.25) is 19.2 Å². The van der Waals surface area contributed by atoms with E-state index in [4.69, 9.17) is 15.9 Å². The van der Waals surface area contributed by atoms with Crippen LogP contribution in [0.2, 0.25) is 0 Å². The van der Waals surface area contributed by atoms with Gasteiger partial charge < -0.3 is 26.2 Å². The van der Waals surface area contributed by atoms with Crippen LogP contribution in [0, 0.1) is 0 Å². The van der Waals surface area contributed by atoms with Crippen molar-refractivity contribution in [3.05, 3.63) is 0 Å². The van der Waals surface area contributed by atoms with Crippen LogP contribution < -0.4 is 11.1 Å². The molecule has 1 heterocycles. The van der Waals surface area contributed by atoms with E-state index in [1.54, 1.807) is 13.8 Å². The molecule has 124 valence electrons. The summed E-state index contributed by atoms with van der Waals surface area (Å²) in [6, 6.07) is -1.94. The Morgan fingerprint density at radius 1 is 1.41 bits per heavy atom. The average Bonchev–Trinajstić information content (AvgIpc) is 2.58. The Hall–Kier alpha value is -2.16. The minimum absolute atomic E-state index is 0.0374. The van der Waals surface area contributed by atoms with E-state index < -0.39 is 47.9 Å². The van der Waals surface area contributed by atoms with Gasteiger partial charge in [-0.15, -0.1) is 0 Å². The number of nitrogens with one attached hydrogen (secondary N) is 1. The number of carboxylic acids is 2. The molecule has 0 spiro atoms. The van der Waals surface area contributed by atoms with Crippen LogP contribution in [0.15, 0.2) is 0 Å². The second kappa shape index (κ2) is 6.73. The van der Waals surface area contributed by atoms with Crippen LogP contribution in [-0.4, -0.2) is 63.0 Å². The van der Waals surface area contributed by atoms with Gasteiger partial charge in [0, 0.05) is 12.0 Å². The third-order valence-corrected chi connectivity index (χ3v) is 3.63. The Morgan fingerprint density at radius 3 is 2.50 bits per heavy atom. The van der Waals surface area contributed by atoms with Crippen molar-refractivity contribution in [3.63, 3.8) is 0 Å². The molecule has 2 unspecified atom stereocenters. The standard InChI is InChI=1S/C13H21N3O6/c1-13(2)5-8(11(20)16(13)6-10(18)19)15-9(17)4-3-7(14)12(21)22/h7-8H,3-6,14H2,1-2H3,(H,15,17)(H,18,19)(H,21,22). The van der Waals surface area contributed by atoms with E-state index in [0.717, 1.165) is 0 Å². The van der Waals surface area contributed by atoms with Gasteiger partial charge in [-0.05, 0) is 26.7 Å². The van der Waals surface area contributed by atoms with Crippen LogP contribution in [-0.2, 0) is 19.2 Å². The van der Waals surface area contributed by atoms with Gasteiger partial charge in [-0.2, -0.15) is 0 Å². The maximum absolute atomic E-state index is 12.2. The van der Waals surface area contributed by atoms with Crippen molar-refractivity contribution in [2.75, 3.05) is 6.54 Å². The van der Waals surface area contributed by atoms with Gasteiger partial charge in [0.1, 0.15) is 18.6 Å². The molecule has 2 atom stereocenters. The number of nitrogens with zero attached hydrogens (tertiary/aromatic N) is 1. The summed E-state index contributed by atoms with van der Waals surface area (Å²) < 4.78 is 0. The van der Waals surface area contributed by atoms with Crippen LogP contribution in [0.25, 0.3) is 0 Å². The first-order valence-corrected chi connectivity index (χ1v) is 6.85. The van der Waals surface area contributed by atoms with E-state index in [1.807, 2.05) is 0 Å². The maximum Gasteiger partial charge on any atom is 0.323 e. The number of amides is 2. The summed E-state index contributed by atoms with van der Waals surface area (Å²) in [6.45, 7) is 3.02. The molecule has 0 saturated carbocycles. The normalized spacial score (nSPS) is 21.5. The fourth-order valence-electron chi connectivity index (χ4n) is 2.40. The van der Waals surface area contributed by atoms with E-state index in [-0.39, 0.29) is 19.3 Å². The van der Waals surface area contributed by atoms with Crippen molar-refractivity contribution in [2.24, 2.45) is 5.73 Å². The van der Waals surface area contributed by atoms with Gasteiger partial charge in [-0.25, -0.2) is 0 Å². The third kappa shape index (κ3) is 4.42. The minimum atomic E-state index is -1.20. The van der Waals surface area contributed by atoms with Gasteiger partial charge in [0.25, 0.3) is 0 Å². The lowest BCUT2D eigenvalue weighted by Crippen LogP contribution is -2.46. The van der Waals surface area contributed by atoms with E-state index >= 15 is 0 Å². The molecule has 1 aliphatic rings. The first-order valence-electron chi connectivity index (χ1n) is 6.85.